The topological polar surface area (TPSA) is 211 Å². The first kappa shape index (κ1) is 34.8. The van der Waals surface area contributed by atoms with Crippen LogP contribution in [0.5, 0.6) is 0 Å². The molecule has 1 aliphatic heterocycles. The molecule has 1 aromatic heterocycles. The molecule has 1 fully saturated rings. The number of aliphatic carboxylic acids is 1. The molecular formula is C23H34N3Na2O10P. The van der Waals surface area contributed by atoms with Crippen LogP contribution in [0.25, 0.3) is 10.9 Å². The zero-order chi connectivity index (χ0) is 29.5. The Balaban J connectivity index is 0.00000260. The second-order valence-corrected chi connectivity index (χ2v) is 11.1. The summed E-state index contributed by atoms with van der Waals surface area (Å²) in [6.07, 6.45) is -6.08. The Hall–Kier alpha value is -0.350. The summed E-state index contributed by atoms with van der Waals surface area (Å²) < 4.78 is 23.0. The molecule has 8 unspecified atom stereocenters. The van der Waals surface area contributed by atoms with Crippen molar-refractivity contribution >= 4 is 74.1 Å². The van der Waals surface area contributed by atoms with E-state index in [2.05, 4.69) is 15.4 Å². The van der Waals surface area contributed by atoms with Gasteiger partial charge in [0.05, 0.1) is 12.1 Å². The molecule has 1 aliphatic rings. The van der Waals surface area contributed by atoms with Crippen molar-refractivity contribution in [1.29, 1.82) is 0 Å². The van der Waals surface area contributed by atoms with Gasteiger partial charge in [0, 0.05) is 23.5 Å². The Morgan fingerprint density at radius 1 is 1.13 bits per heavy atom. The van der Waals surface area contributed by atoms with Gasteiger partial charge in [0.1, 0.15) is 24.4 Å². The van der Waals surface area contributed by atoms with Gasteiger partial charge in [-0.15, -0.1) is 0 Å². The Kier molecular flexibility index (Phi) is 14.1. The van der Waals surface area contributed by atoms with Crippen LogP contribution in [0.2, 0.25) is 0 Å². The number of rotatable bonds is 11. The number of carboxylic acids is 1. The number of carboxylic acid groups (broad SMARTS) is 1. The Labute approximate surface area is 254 Å². The summed E-state index contributed by atoms with van der Waals surface area (Å²) in [5.41, 5.74) is 1.48. The van der Waals surface area contributed by atoms with E-state index in [1.54, 1.807) is 20.0 Å². The number of aliphatic hydroxyl groups is 3. The molecule has 1 aromatic carbocycles. The Morgan fingerprint density at radius 3 is 2.38 bits per heavy atom. The first-order valence-electron chi connectivity index (χ1n) is 12.9. The van der Waals surface area contributed by atoms with E-state index in [9.17, 15) is 39.5 Å². The molecule has 16 heteroatoms. The van der Waals surface area contributed by atoms with E-state index in [-0.39, 0.29) is 18.8 Å². The minimum absolute atomic E-state index is 0.0347. The van der Waals surface area contributed by atoms with Crippen LogP contribution in [0.15, 0.2) is 30.5 Å². The number of aliphatic hydroxyl groups excluding tert-OH is 3. The fraction of sp³-hybridized carbons (Fsp3) is 0.565. The molecule has 2 aromatic rings. The predicted molar refractivity (Wildman–Crippen MR) is 143 cm³/mol. The summed E-state index contributed by atoms with van der Waals surface area (Å²) >= 11 is 2.89. The van der Waals surface area contributed by atoms with Crippen molar-refractivity contribution in [3.05, 3.63) is 36.0 Å². The number of aromatic nitrogens is 1. The first-order valence-corrected chi connectivity index (χ1v) is 22.4. The van der Waals surface area contributed by atoms with Crippen molar-refractivity contribution in [2.24, 2.45) is 5.92 Å². The molecule has 208 valence electrons. The van der Waals surface area contributed by atoms with Gasteiger partial charge in [0.2, 0.25) is 5.91 Å². The normalized spacial score (nSPS) is 26.3. The summed E-state index contributed by atoms with van der Waals surface area (Å²) in [5.74, 6) is -2.27. The van der Waals surface area contributed by atoms with Crippen LogP contribution in [0.3, 0.4) is 0 Å². The van der Waals surface area contributed by atoms with E-state index in [4.69, 9.17) is 9.26 Å². The molecule has 3 rings (SSSR count). The van der Waals surface area contributed by atoms with Gasteiger partial charge in [-0.3, -0.25) is 9.32 Å². The van der Waals surface area contributed by atoms with Crippen LogP contribution in [0.1, 0.15) is 32.8 Å². The molecule has 1 amide bonds. The first-order chi connectivity index (χ1) is 18.3. The van der Waals surface area contributed by atoms with Crippen LogP contribution < -0.4 is 10.4 Å². The van der Waals surface area contributed by atoms with Crippen molar-refractivity contribution in [2.45, 2.75) is 76.4 Å². The van der Waals surface area contributed by atoms with Crippen molar-refractivity contribution in [1.82, 2.24) is 15.4 Å². The summed E-state index contributed by atoms with van der Waals surface area (Å²) in [7, 11) is -4.83. The number of benzene rings is 1. The summed E-state index contributed by atoms with van der Waals surface area (Å²) in [5, 5.41) is 45.0. The summed E-state index contributed by atoms with van der Waals surface area (Å²) in [6.45, 7) is 4.90. The molecule has 0 bridgehead atoms. The molecule has 0 saturated carbocycles. The van der Waals surface area contributed by atoms with Gasteiger partial charge in [0.15, 0.2) is 6.29 Å². The van der Waals surface area contributed by atoms with E-state index in [0.717, 1.165) is 10.9 Å². The number of hydrogen-bond acceptors (Lipinski definition) is 8. The number of aromatic amines is 1. The quantitative estimate of drug-likeness (QED) is 0.123. The van der Waals surface area contributed by atoms with E-state index >= 15 is 0 Å². The van der Waals surface area contributed by atoms with Crippen molar-refractivity contribution < 1.29 is 48.7 Å². The van der Waals surface area contributed by atoms with Crippen LogP contribution >= 0.6 is 7.75 Å². The van der Waals surface area contributed by atoms with Gasteiger partial charge in [-0.1, -0.05) is 32.0 Å². The van der Waals surface area contributed by atoms with E-state index < -0.39 is 62.4 Å². The molecule has 8 atom stereocenters. The predicted octanol–water partition coefficient (Wildman–Crippen LogP) is -0.533. The number of para-hydroxylation sites is 1. The molecule has 39 heavy (non-hydrogen) atoms. The van der Waals surface area contributed by atoms with Crippen LogP contribution in [-0.2, 0) is 29.8 Å². The fourth-order valence-corrected chi connectivity index (χ4v) is 5.28. The van der Waals surface area contributed by atoms with Gasteiger partial charge >= 0.3 is 57.3 Å². The standard InChI is InChI=1S/C23H34N3O10P.2Na/c1-11(2)8-16(26-37(33,34)36-23-20(29)19(28)18(27)12(3)35-23)21(30)25-17(22(31)32)9-13-10-24-15-7-5-4-6-14(13)15;;/h4-7,10-12,16-20,23-24,27-29H,8-9H2,1-3H3,(H,25,30)(H,31,32)(H2,26,33,34);;. The number of nitrogens with one attached hydrogen (secondary N) is 3. The van der Waals surface area contributed by atoms with Crippen LogP contribution in [0, 0.1) is 5.92 Å². The average Bonchev–Trinajstić information content (AvgIpc) is 3.28. The molecule has 2 heterocycles. The average molecular weight is 589 g/mol. The van der Waals surface area contributed by atoms with E-state index in [1.165, 1.54) is 50.5 Å². The van der Waals surface area contributed by atoms with Crippen LogP contribution in [-0.4, -0.2) is 129 Å². The Bertz CT molecular complexity index is 1150. The second-order valence-electron chi connectivity index (χ2n) is 9.58. The second kappa shape index (κ2) is 15.8. The number of H-pyrrole nitrogens is 1. The van der Waals surface area contributed by atoms with E-state index in [1.807, 2.05) is 24.3 Å². The molecule has 0 radical (unpaired) electrons. The molecule has 0 spiro atoms. The number of hydrogen-bond donors (Lipinski definition) is 8. The van der Waals surface area contributed by atoms with E-state index in [0.29, 0.717) is 5.56 Å². The third-order valence-electron chi connectivity index (χ3n) is 6.11. The van der Waals surface area contributed by atoms with Crippen molar-refractivity contribution in [2.75, 3.05) is 0 Å². The van der Waals surface area contributed by atoms with Gasteiger partial charge in [0.25, 0.3) is 0 Å². The molecule has 8 N–H and O–H groups in total. The molecule has 1 saturated heterocycles. The van der Waals surface area contributed by atoms with Crippen molar-refractivity contribution in [3.8, 4) is 0 Å². The third kappa shape index (κ3) is 9.86. The number of fused-ring (bicyclic) bond motifs is 1. The summed E-state index contributed by atoms with van der Waals surface area (Å²) in [4.78, 5) is 38.5. The number of carbonyl (C=O) groups excluding carboxylic acids is 1. The van der Waals surface area contributed by atoms with Gasteiger partial charge < -0.3 is 40.4 Å². The molecule has 0 aliphatic carbocycles. The number of amides is 1. The fourth-order valence-electron chi connectivity index (χ4n) is 4.15. The van der Waals surface area contributed by atoms with Crippen LogP contribution in [0.4, 0.5) is 0 Å². The number of carbonyl (C=O) groups is 2. The molecular weight excluding hydrogens is 555 g/mol. The third-order valence-corrected chi connectivity index (χ3v) is 7.24. The minimum atomic E-state index is -4.83. The zero-order valence-electron chi connectivity index (χ0n) is 22.6. The van der Waals surface area contributed by atoms with Crippen molar-refractivity contribution in [3.63, 3.8) is 0 Å². The number of ether oxygens (including phenoxy) is 1. The summed E-state index contributed by atoms with van der Waals surface area (Å²) in [6, 6.07) is 4.63. The van der Waals surface area contributed by atoms with Gasteiger partial charge in [-0.2, -0.15) is 0 Å². The SMILES string of the molecule is CC(C)CC(NP(=O)(O)OC1OC(C)C(O)C(O)C1O)C(=O)NC(Cc1c[nH]c2ccccc12)C(=O)O.[Na][Na]. The maximum absolute atomic E-state index is 13.1. The van der Waals surface area contributed by atoms with Gasteiger partial charge in [-0.05, 0) is 30.9 Å². The molecule has 13 nitrogen and oxygen atoms in total. The Morgan fingerprint density at radius 2 is 1.77 bits per heavy atom. The van der Waals surface area contributed by atoms with Gasteiger partial charge in [-0.25, -0.2) is 14.4 Å². The zero-order valence-corrected chi connectivity index (χ0v) is 27.5. The maximum atomic E-state index is 13.1. The monoisotopic (exact) mass is 589 g/mol.